The molecular weight excluding hydrogens is 533 g/mol. The van der Waals surface area contributed by atoms with Gasteiger partial charge in [0.25, 0.3) is 0 Å². The lowest BCUT2D eigenvalue weighted by Crippen LogP contribution is -2.44. The standard InChI is InChI=1S/C29H30FN5O2S2/c30-21-5-8-23(24(16-21)27(36)34-29(18-31)9-10-29)25-26(38-28(33-25)20-2-1-11-32-17-20)19-3-6-22(7-4-19)35-12-14-39(37)15-13-35/h1-4,6-7,11,17,21,23-24H,5,8-10,12-16H2,(H,34,36)/t21-,23+,24?/m0/s1. The molecule has 1 aromatic carbocycles. The molecule has 1 saturated heterocycles. The SMILES string of the molecule is N#CC1(NC(=O)C2C[C@@H](F)CC[C@H]2c2nc(-c3cccnc3)sc2-c2ccc(N3CC[S+]([O-])CC3)cc2)CC1. The van der Waals surface area contributed by atoms with Crippen molar-refractivity contribution in [1.82, 2.24) is 15.3 Å². The summed E-state index contributed by atoms with van der Waals surface area (Å²) in [6, 6.07) is 14.4. The highest BCUT2D eigenvalue weighted by molar-refractivity contribution is 7.91. The van der Waals surface area contributed by atoms with Gasteiger partial charge in [0.1, 0.15) is 28.2 Å². The molecule has 1 unspecified atom stereocenters. The first-order valence-corrected chi connectivity index (χ1v) is 15.7. The monoisotopic (exact) mass is 563 g/mol. The molecule has 3 aliphatic rings. The van der Waals surface area contributed by atoms with Gasteiger partial charge in [-0.05, 0) is 61.9 Å². The van der Waals surface area contributed by atoms with E-state index in [1.54, 1.807) is 23.7 Å². The molecule has 3 fully saturated rings. The van der Waals surface area contributed by atoms with E-state index in [2.05, 4.69) is 45.5 Å². The molecule has 1 aliphatic heterocycles. The Balaban J connectivity index is 1.35. The number of nitrogens with zero attached hydrogens (tertiary/aromatic N) is 4. The van der Waals surface area contributed by atoms with Crippen molar-refractivity contribution in [3.8, 4) is 27.1 Å². The maximum atomic E-state index is 14.7. The minimum absolute atomic E-state index is 0.131. The van der Waals surface area contributed by atoms with Crippen molar-refractivity contribution < 1.29 is 13.7 Å². The second-order valence-electron chi connectivity index (χ2n) is 10.7. The number of pyridine rings is 1. The van der Waals surface area contributed by atoms with Gasteiger partial charge in [-0.15, -0.1) is 11.3 Å². The summed E-state index contributed by atoms with van der Waals surface area (Å²) in [7, 11) is 0. The molecule has 202 valence electrons. The number of nitrogens with one attached hydrogen (secondary N) is 1. The highest BCUT2D eigenvalue weighted by Crippen LogP contribution is 2.47. The minimum Gasteiger partial charge on any atom is -0.616 e. The number of hydrogen-bond donors (Lipinski definition) is 1. The lowest BCUT2D eigenvalue weighted by molar-refractivity contribution is -0.128. The number of amides is 1. The normalized spacial score (nSPS) is 24.6. The van der Waals surface area contributed by atoms with Crippen molar-refractivity contribution in [3.05, 3.63) is 54.5 Å². The molecular formula is C29H30FN5O2S2. The van der Waals surface area contributed by atoms with E-state index in [1.165, 1.54) is 0 Å². The number of alkyl halides is 1. The van der Waals surface area contributed by atoms with Gasteiger partial charge >= 0.3 is 0 Å². The number of anilines is 1. The highest BCUT2D eigenvalue weighted by atomic mass is 32.2. The average molecular weight is 564 g/mol. The molecule has 3 atom stereocenters. The third kappa shape index (κ3) is 5.53. The summed E-state index contributed by atoms with van der Waals surface area (Å²) >= 11 is 0.829. The number of aromatic nitrogens is 2. The van der Waals surface area contributed by atoms with E-state index in [-0.39, 0.29) is 18.2 Å². The van der Waals surface area contributed by atoms with Crippen molar-refractivity contribution in [2.24, 2.45) is 5.92 Å². The fourth-order valence-corrected chi connectivity index (χ4v) is 7.76. The molecule has 6 rings (SSSR count). The second kappa shape index (κ2) is 10.9. The second-order valence-corrected chi connectivity index (χ2v) is 13.4. The van der Waals surface area contributed by atoms with E-state index in [0.717, 1.165) is 45.5 Å². The Morgan fingerprint density at radius 3 is 2.62 bits per heavy atom. The summed E-state index contributed by atoms with van der Waals surface area (Å²) in [6.07, 6.45) is 4.76. The summed E-state index contributed by atoms with van der Waals surface area (Å²) in [6.45, 7) is 1.55. The summed E-state index contributed by atoms with van der Waals surface area (Å²) in [4.78, 5) is 26.0. The van der Waals surface area contributed by atoms with E-state index in [4.69, 9.17) is 4.98 Å². The van der Waals surface area contributed by atoms with Crippen LogP contribution in [0.15, 0.2) is 48.8 Å². The predicted octanol–water partition coefficient (Wildman–Crippen LogP) is 4.83. The number of carbonyl (C=O) groups excluding carboxylic acids is 1. The molecule has 39 heavy (non-hydrogen) atoms. The summed E-state index contributed by atoms with van der Waals surface area (Å²) in [5.41, 5.74) is 3.01. The van der Waals surface area contributed by atoms with Gasteiger partial charge in [-0.1, -0.05) is 23.3 Å². The molecule has 2 saturated carbocycles. The number of benzene rings is 1. The van der Waals surface area contributed by atoms with Gasteiger partial charge in [-0.2, -0.15) is 5.26 Å². The van der Waals surface area contributed by atoms with Crippen LogP contribution in [0, 0.1) is 17.2 Å². The van der Waals surface area contributed by atoms with Crippen LogP contribution in [-0.4, -0.2) is 56.7 Å². The zero-order valence-electron chi connectivity index (χ0n) is 21.5. The average Bonchev–Trinajstić information content (AvgIpc) is 3.60. The number of carbonyl (C=O) groups is 1. The van der Waals surface area contributed by atoms with E-state index >= 15 is 0 Å². The van der Waals surface area contributed by atoms with E-state index in [9.17, 15) is 19.0 Å². The van der Waals surface area contributed by atoms with Gasteiger partial charge in [0.15, 0.2) is 0 Å². The number of thiazole rings is 1. The number of halogens is 1. The lowest BCUT2D eigenvalue weighted by atomic mass is 9.75. The van der Waals surface area contributed by atoms with Crippen LogP contribution in [0.2, 0.25) is 0 Å². The lowest BCUT2D eigenvalue weighted by Gasteiger charge is -2.32. The van der Waals surface area contributed by atoms with Crippen molar-refractivity contribution >= 4 is 34.1 Å². The summed E-state index contributed by atoms with van der Waals surface area (Å²) < 4.78 is 26.4. The van der Waals surface area contributed by atoms with E-state index < -0.39 is 28.8 Å². The van der Waals surface area contributed by atoms with Crippen LogP contribution in [0.25, 0.3) is 21.0 Å². The van der Waals surface area contributed by atoms with Gasteiger partial charge in [0, 0.05) is 35.5 Å². The molecule has 1 N–H and O–H groups in total. The van der Waals surface area contributed by atoms with E-state index in [0.29, 0.717) is 37.2 Å². The molecule has 10 heteroatoms. The van der Waals surface area contributed by atoms with Crippen molar-refractivity contribution in [3.63, 3.8) is 0 Å². The van der Waals surface area contributed by atoms with Gasteiger partial charge in [0.2, 0.25) is 5.91 Å². The number of hydrogen-bond acceptors (Lipinski definition) is 7. The molecule has 7 nitrogen and oxygen atoms in total. The van der Waals surface area contributed by atoms with Crippen LogP contribution in [0.5, 0.6) is 0 Å². The smallest absolute Gasteiger partial charge is 0.225 e. The molecule has 0 spiro atoms. The van der Waals surface area contributed by atoms with Crippen LogP contribution in [0.4, 0.5) is 10.1 Å². The molecule has 0 radical (unpaired) electrons. The van der Waals surface area contributed by atoms with Gasteiger partial charge < -0.3 is 14.8 Å². The van der Waals surface area contributed by atoms with Crippen LogP contribution < -0.4 is 10.2 Å². The van der Waals surface area contributed by atoms with Crippen LogP contribution >= 0.6 is 11.3 Å². The van der Waals surface area contributed by atoms with Crippen molar-refractivity contribution in [2.75, 3.05) is 29.5 Å². The molecule has 2 aliphatic carbocycles. The molecule has 1 amide bonds. The van der Waals surface area contributed by atoms with Gasteiger partial charge in [-0.25, -0.2) is 9.37 Å². The minimum atomic E-state index is -1.05. The molecule has 0 bridgehead atoms. The number of rotatable bonds is 6. The Morgan fingerprint density at radius 1 is 1.18 bits per heavy atom. The zero-order valence-corrected chi connectivity index (χ0v) is 23.1. The predicted molar refractivity (Wildman–Crippen MR) is 152 cm³/mol. The molecule has 3 aromatic rings. The third-order valence-electron chi connectivity index (χ3n) is 8.04. The van der Waals surface area contributed by atoms with E-state index in [1.807, 2.05) is 12.1 Å². The maximum Gasteiger partial charge on any atom is 0.225 e. The Hall–Kier alpha value is -3.00. The first kappa shape index (κ1) is 26.2. The summed E-state index contributed by atoms with van der Waals surface area (Å²) in [5.74, 6) is 0.281. The summed E-state index contributed by atoms with van der Waals surface area (Å²) in [5, 5.41) is 13.3. The molecule has 2 aromatic heterocycles. The largest absolute Gasteiger partial charge is 0.616 e. The Morgan fingerprint density at radius 2 is 1.95 bits per heavy atom. The first-order chi connectivity index (χ1) is 18.9. The van der Waals surface area contributed by atoms with Crippen molar-refractivity contribution in [1.29, 1.82) is 5.26 Å². The highest BCUT2D eigenvalue weighted by Gasteiger charge is 2.48. The third-order valence-corrected chi connectivity index (χ3v) is 10.5. The van der Waals surface area contributed by atoms with Crippen LogP contribution in [-0.2, 0) is 16.0 Å². The van der Waals surface area contributed by atoms with Gasteiger partial charge in [-0.3, -0.25) is 9.78 Å². The van der Waals surface area contributed by atoms with Gasteiger partial charge in [0.05, 0.1) is 29.7 Å². The Labute approximate surface area is 234 Å². The first-order valence-electron chi connectivity index (χ1n) is 13.4. The fraction of sp³-hybridized carbons (Fsp3) is 0.448. The topological polar surface area (TPSA) is 105 Å². The Bertz CT molecular complexity index is 1360. The molecule has 3 heterocycles. The number of nitriles is 1. The van der Waals surface area contributed by atoms with Crippen molar-refractivity contribution in [2.45, 2.75) is 49.7 Å². The Kier molecular flexibility index (Phi) is 7.31. The maximum absolute atomic E-state index is 14.7. The quantitative estimate of drug-likeness (QED) is 0.431. The fourth-order valence-electron chi connectivity index (χ4n) is 5.58. The zero-order chi connectivity index (χ0) is 27.0. The van der Waals surface area contributed by atoms with Crippen LogP contribution in [0.3, 0.4) is 0 Å². The van der Waals surface area contributed by atoms with Crippen LogP contribution in [0.1, 0.15) is 43.7 Å².